The van der Waals surface area contributed by atoms with E-state index in [1.807, 2.05) is 30.3 Å². The molecule has 0 bridgehead atoms. The average molecular weight is 405 g/mol. The number of hydrogen-bond acceptors (Lipinski definition) is 4. The van der Waals surface area contributed by atoms with Crippen LogP contribution in [0.2, 0.25) is 0 Å². The second-order valence-corrected chi connectivity index (χ2v) is 6.57. The van der Waals surface area contributed by atoms with E-state index in [0.29, 0.717) is 34.1 Å². The SMILES string of the molecule is CCC.COc1ccc(C(=O)Nc2cc(Oc3ccccc3)ccc2C(C)=O)cc1. The molecule has 0 aliphatic heterocycles. The molecule has 0 aliphatic carbocycles. The van der Waals surface area contributed by atoms with Crippen LogP contribution < -0.4 is 14.8 Å². The fourth-order valence-corrected chi connectivity index (χ4v) is 2.56. The van der Waals surface area contributed by atoms with Crippen LogP contribution in [-0.2, 0) is 0 Å². The average Bonchev–Trinajstić information content (AvgIpc) is 2.75. The van der Waals surface area contributed by atoms with Gasteiger partial charge in [-0.05, 0) is 55.5 Å². The van der Waals surface area contributed by atoms with Gasteiger partial charge in [-0.3, -0.25) is 9.59 Å². The largest absolute Gasteiger partial charge is 0.497 e. The van der Waals surface area contributed by atoms with E-state index in [1.54, 1.807) is 49.6 Å². The first-order valence-electron chi connectivity index (χ1n) is 9.81. The molecule has 0 aliphatic rings. The van der Waals surface area contributed by atoms with Gasteiger partial charge >= 0.3 is 0 Å². The quantitative estimate of drug-likeness (QED) is 0.485. The lowest BCUT2D eigenvalue weighted by Crippen LogP contribution is -2.14. The highest BCUT2D eigenvalue weighted by Crippen LogP contribution is 2.28. The van der Waals surface area contributed by atoms with Crippen molar-refractivity contribution in [2.45, 2.75) is 27.2 Å². The molecule has 30 heavy (non-hydrogen) atoms. The van der Waals surface area contributed by atoms with Gasteiger partial charge in [-0.15, -0.1) is 0 Å². The number of carbonyl (C=O) groups is 2. The molecule has 5 nitrogen and oxygen atoms in total. The minimum Gasteiger partial charge on any atom is -0.497 e. The number of hydrogen-bond donors (Lipinski definition) is 1. The van der Waals surface area contributed by atoms with Crippen LogP contribution in [0.5, 0.6) is 17.2 Å². The van der Waals surface area contributed by atoms with E-state index in [9.17, 15) is 9.59 Å². The summed E-state index contributed by atoms with van der Waals surface area (Å²) in [4.78, 5) is 24.5. The molecule has 3 aromatic rings. The summed E-state index contributed by atoms with van der Waals surface area (Å²) in [5.74, 6) is 1.38. The van der Waals surface area contributed by atoms with Crippen LogP contribution in [0.15, 0.2) is 72.8 Å². The monoisotopic (exact) mass is 405 g/mol. The highest BCUT2D eigenvalue weighted by Gasteiger charge is 2.13. The maximum absolute atomic E-state index is 12.6. The number of ketones is 1. The van der Waals surface area contributed by atoms with Crippen LogP contribution in [0.4, 0.5) is 5.69 Å². The molecule has 1 amide bonds. The zero-order valence-electron chi connectivity index (χ0n) is 17.8. The molecule has 0 spiro atoms. The zero-order valence-corrected chi connectivity index (χ0v) is 17.8. The number of ether oxygens (including phenoxy) is 2. The van der Waals surface area contributed by atoms with Gasteiger partial charge in [-0.1, -0.05) is 38.5 Å². The Morgan fingerprint density at radius 2 is 1.43 bits per heavy atom. The summed E-state index contributed by atoms with van der Waals surface area (Å²) in [5.41, 5.74) is 1.27. The van der Waals surface area contributed by atoms with Gasteiger partial charge in [0.25, 0.3) is 5.91 Å². The van der Waals surface area contributed by atoms with Crippen molar-refractivity contribution >= 4 is 17.4 Å². The molecule has 0 fully saturated rings. The van der Waals surface area contributed by atoms with E-state index < -0.39 is 0 Å². The van der Waals surface area contributed by atoms with Gasteiger partial charge in [0.15, 0.2) is 5.78 Å². The summed E-state index contributed by atoms with van der Waals surface area (Å²) in [6, 6.07) is 21.0. The number of para-hydroxylation sites is 1. The Balaban J connectivity index is 0.00000101. The second-order valence-electron chi connectivity index (χ2n) is 6.57. The number of rotatable bonds is 6. The molecule has 0 saturated heterocycles. The van der Waals surface area contributed by atoms with E-state index in [1.165, 1.54) is 13.3 Å². The minimum atomic E-state index is -0.322. The highest BCUT2D eigenvalue weighted by atomic mass is 16.5. The van der Waals surface area contributed by atoms with Gasteiger partial charge in [0.1, 0.15) is 17.2 Å². The normalized spacial score (nSPS) is 9.73. The summed E-state index contributed by atoms with van der Waals surface area (Å²) in [6.07, 6.45) is 1.25. The Labute approximate surface area is 177 Å². The van der Waals surface area contributed by atoms with Crippen molar-refractivity contribution in [1.29, 1.82) is 0 Å². The molecule has 0 atom stereocenters. The van der Waals surface area contributed by atoms with Crippen molar-refractivity contribution in [1.82, 2.24) is 0 Å². The maximum Gasteiger partial charge on any atom is 0.255 e. The van der Waals surface area contributed by atoms with Crippen LogP contribution in [0.3, 0.4) is 0 Å². The predicted octanol–water partition coefficient (Wildman–Crippen LogP) is 6.36. The van der Waals surface area contributed by atoms with Crippen LogP contribution in [0.25, 0.3) is 0 Å². The molecule has 5 heteroatoms. The van der Waals surface area contributed by atoms with Crippen LogP contribution in [-0.4, -0.2) is 18.8 Å². The lowest BCUT2D eigenvalue weighted by Gasteiger charge is -2.12. The molecule has 0 unspecified atom stereocenters. The first kappa shape index (κ1) is 22.7. The summed E-state index contributed by atoms with van der Waals surface area (Å²) in [6.45, 7) is 5.70. The predicted molar refractivity (Wildman–Crippen MR) is 120 cm³/mol. The lowest BCUT2D eigenvalue weighted by atomic mass is 10.1. The van der Waals surface area contributed by atoms with Gasteiger partial charge in [-0.2, -0.15) is 0 Å². The Morgan fingerprint density at radius 3 is 2.00 bits per heavy atom. The number of carbonyl (C=O) groups excluding carboxylic acids is 2. The van der Waals surface area contributed by atoms with Crippen molar-refractivity contribution in [3.05, 3.63) is 83.9 Å². The van der Waals surface area contributed by atoms with E-state index in [-0.39, 0.29) is 11.7 Å². The standard InChI is InChI=1S/C22H19NO4.C3H8/c1-15(24)20-13-12-19(27-18-6-4-3-5-7-18)14-21(20)23-22(25)16-8-10-17(26-2)11-9-16;1-3-2/h3-14H,1-2H3,(H,23,25);3H2,1-2H3. The maximum atomic E-state index is 12.6. The molecular weight excluding hydrogens is 378 g/mol. The lowest BCUT2D eigenvalue weighted by molar-refractivity contribution is 0.101. The third-order valence-electron chi connectivity index (χ3n) is 3.95. The molecule has 3 rings (SSSR count). The summed E-state index contributed by atoms with van der Waals surface area (Å²) in [5, 5.41) is 2.79. The molecule has 0 radical (unpaired) electrons. The van der Waals surface area contributed by atoms with Gasteiger partial charge in [0.05, 0.1) is 12.8 Å². The molecule has 156 valence electrons. The Kier molecular flexibility index (Phi) is 8.63. The number of anilines is 1. The molecule has 3 aromatic carbocycles. The van der Waals surface area contributed by atoms with Gasteiger partial charge in [0, 0.05) is 17.2 Å². The Hall–Kier alpha value is -3.60. The molecule has 0 aromatic heterocycles. The van der Waals surface area contributed by atoms with Crippen molar-refractivity contribution < 1.29 is 19.1 Å². The number of Topliss-reactive ketones (excluding diaryl/α,β-unsaturated/α-hetero) is 1. The number of nitrogens with one attached hydrogen (secondary N) is 1. The van der Waals surface area contributed by atoms with Crippen LogP contribution in [0.1, 0.15) is 47.9 Å². The van der Waals surface area contributed by atoms with Crippen LogP contribution in [0, 0.1) is 0 Å². The Bertz CT molecular complexity index is 966. The Morgan fingerprint density at radius 1 is 0.833 bits per heavy atom. The van der Waals surface area contributed by atoms with Crippen molar-refractivity contribution in [2.24, 2.45) is 0 Å². The number of benzene rings is 3. The summed E-state index contributed by atoms with van der Waals surface area (Å²) in [7, 11) is 1.56. The van der Waals surface area contributed by atoms with E-state index in [0.717, 1.165) is 0 Å². The smallest absolute Gasteiger partial charge is 0.255 e. The van der Waals surface area contributed by atoms with E-state index in [2.05, 4.69) is 19.2 Å². The van der Waals surface area contributed by atoms with E-state index >= 15 is 0 Å². The second kappa shape index (κ2) is 11.4. The minimum absolute atomic E-state index is 0.147. The highest BCUT2D eigenvalue weighted by molar-refractivity contribution is 6.09. The third-order valence-corrected chi connectivity index (χ3v) is 3.95. The van der Waals surface area contributed by atoms with Gasteiger partial charge < -0.3 is 14.8 Å². The molecule has 1 N–H and O–H groups in total. The van der Waals surface area contributed by atoms with Crippen molar-refractivity contribution in [3.63, 3.8) is 0 Å². The first-order valence-corrected chi connectivity index (χ1v) is 9.81. The molecule has 0 saturated carbocycles. The molecule has 0 heterocycles. The third kappa shape index (κ3) is 6.48. The fourth-order valence-electron chi connectivity index (χ4n) is 2.56. The van der Waals surface area contributed by atoms with Crippen molar-refractivity contribution in [2.75, 3.05) is 12.4 Å². The van der Waals surface area contributed by atoms with Crippen molar-refractivity contribution in [3.8, 4) is 17.2 Å². The van der Waals surface area contributed by atoms with E-state index in [4.69, 9.17) is 9.47 Å². The summed E-state index contributed by atoms with van der Waals surface area (Å²) >= 11 is 0. The summed E-state index contributed by atoms with van der Waals surface area (Å²) < 4.78 is 10.9. The number of amides is 1. The molecular formula is C25H27NO4. The van der Waals surface area contributed by atoms with Gasteiger partial charge in [-0.25, -0.2) is 0 Å². The fraction of sp³-hybridized carbons (Fsp3) is 0.200. The number of methoxy groups -OCH3 is 1. The topological polar surface area (TPSA) is 64.6 Å². The zero-order chi connectivity index (χ0) is 21.9. The van der Waals surface area contributed by atoms with Crippen LogP contribution >= 0.6 is 0 Å². The first-order chi connectivity index (χ1) is 14.5. The van der Waals surface area contributed by atoms with Gasteiger partial charge in [0.2, 0.25) is 0 Å².